The minimum absolute atomic E-state index is 0.242. The van der Waals surface area contributed by atoms with Crippen LogP contribution in [-0.4, -0.2) is 21.0 Å². The molecule has 132 valence electrons. The molecule has 0 atom stereocenters. The number of benzene rings is 2. The Kier molecular flexibility index (Phi) is 4.84. The third-order valence-electron chi connectivity index (χ3n) is 4.11. The maximum atomic E-state index is 10.9. The van der Waals surface area contributed by atoms with E-state index in [1.54, 1.807) is 24.3 Å². The first kappa shape index (κ1) is 17.4. The summed E-state index contributed by atoms with van der Waals surface area (Å²) in [6, 6.07) is 14.4. The van der Waals surface area contributed by atoms with Crippen LogP contribution in [0, 0.1) is 20.8 Å². The normalized spacial score (nSPS) is 10.4. The van der Waals surface area contributed by atoms with Crippen LogP contribution in [0.2, 0.25) is 0 Å². The van der Waals surface area contributed by atoms with E-state index >= 15 is 0 Å². The molecule has 0 aliphatic rings. The van der Waals surface area contributed by atoms with Crippen LogP contribution in [0.25, 0.3) is 0 Å². The predicted octanol–water partition coefficient (Wildman–Crippen LogP) is 4.59. The number of nitrogens with one attached hydrogen (secondary N) is 2. The smallest absolute Gasteiger partial charge is 0.335 e. The maximum Gasteiger partial charge on any atom is 0.335 e. The summed E-state index contributed by atoms with van der Waals surface area (Å²) in [5.74, 6) is 0.186. The quantitative estimate of drug-likeness (QED) is 0.625. The summed E-state index contributed by atoms with van der Waals surface area (Å²) in [4.78, 5) is 19.9. The summed E-state index contributed by atoms with van der Waals surface area (Å²) in [5, 5.41) is 15.4. The van der Waals surface area contributed by atoms with Crippen LogP contribution in [0.4, 0.5) is 23.1 Å². The van der Waals surface area contributed by atoms with Crippen molar-refractivity contribution in [3.05, 3.63) is 70.9 Å². The monoisotopic (exact) mass is 348 g/mol. The summed E-state index contributed by atoms with van der Waals surface area (Å²) < 4.78 is 0. The van der Waals surface area contributed by atoms with E-state index in [1.165, 1.54) is 5.56 Å². The fraction of sp³-hybridized carbons (Fsp3) is 0.150. The molecule has 0 radical (unpaired) electrons. The lowest BCUT2D eigenvalue weighted by Gasteiger charge is -2.12. The lowest BCUT2D eigenvalue weighted by atomic mass is 10.1. The van der Waals surface area contributed by atoms with Crippen molar-refractivity contribution in [3.63, 3.8) is 0 Å². The van der Waals surface area contributed by atoms with Gasteiger partial charge in [0.1, 0.15) is 5.82 Å². The van der Waals surface area contributed by atoms with Gasteiger partial charge >= 0.3 is 5.97 Å². The average molecular weight is 348 g/mol. The van der Waals surface area contributed by atoms with Crippen LogP contribution in [0.3, 0.4) is 0 Å². The highest BCUT2D eigenvalue weighted by atomic mass is 16.4. The van der Waals surface area contributed by atoms with E-state index < -0.39 is 5.97 Å². The molecule has 0 aliphatic heterocycles. The zero-order valence-electron chi connectivity index (χ0n) is 14.9. The van der Waals surface area contributed by atoms with Crippen molar-refractivity contribution in [3.8, 4) is 0 Å². The van der Waals surface area contributed by atoms with Crippen molar-refractivity contribution < 1.29 is 9.90 Å². The SMILES string of the molecule is Cc1cc(Nc2ccc(C(=O)O)cc2)nc(Nc2cccc(C)c2C)n1. The third kappa shape index (κ3) is 3.97. The van der Waals surface area contributed by atoms with Gasteiger partial charge in [0.2, 0.25) is 5.95 Å². The van der Waals surface area contributed by atoms with E-state index in [1.807, 2.05) is 25.1 Å². The molecule has 2 aromatic carbocycles. The lowest BCUT2D eigenvalue weighted by Crippen LogP contribution is -2.04. The zero-order valence-corrected chi connectivity index (χ0v) is 14.9. The van der Waals surface area contributed by atoms with Crippen molar-refractivity contribution in [2.75, 3.05) is 10.6 Å². The summed E-state index contributed by atoms with van der Waals surface area (Å²) in [7, 11) is 0. The molecular weight excluding hydrogens is 328 g/mol. The highest BCUT2D eigenvalue weighted by Crippen LogP contribution is 2.23. The largest absolute Gasteiger partial charge is 0.478 e. The van der Waals surface area contributed by atoms with Gasteiger partial charge in [0.05, 0.1) is 5.56 Å². The number of carboxylic acid groups (broad SMARTS) is 1. The second-order valence-corrected chi connectivity index (χ2v) is 6.10. The Labute approximate surface area is 152 Å². The number of rotatable bonds is 5. The van der Waals surface area contributed by atoms with Gasteiger partial charge in [-0.05, 0) is 62.2 Å². The highest BCUT2D eigenvalue weighted by molar-refractivity contribution is 5.88. The molecule has 0 saturated heterocycles. The van der Waals surface area contributed by atoms with Gasteiger partial charge in [-0.3, -0.25) is 0 Å². The van der Waals surface area contributed by atoms with E-state index in [0.29, 0.717) is 11.8 Å². The lowest BCUT2D eigenvalue weighted by molar-refractivity contribution is 0.0697. The van der Waals surface area contributed by atoms with Crippen LogP contribution >= 0.6 is 0 Å². The number of aromatic carboxylic acids is 1. The number of hydrogen-bond donors (Lipinski definition) is 3. The third-order valence-corrected chi connectivity index (χ3v) is 4.11. The number of carboxylic acids is 1. The molecule has 26 heavy (non-hydrogen) atoms. The fourth-order valence-corrected chi connectivity index (χ4v) is 2.54. The van der Waals surface area contributed by atoms with E-state index in [-0.39, 0.29) is 5.56 Å². The standard InChI is InChI=1S/C20H20N4O2/c1-12-5-4-6-17(14(12)3)23-20-21-13(2)11-18(24-20)22-16-9-7-15(8-10-16)19(25)26/h4-11H,1-3H3,(H,25,26)(H2,21,22,23,24). The Morgan fingerprint density at radius 1 is 0.962 bits per heavy atom. The Morgan fingerprint density at radius 2 is 1.69 bits per heavy atom. The predicted molar refractivity (Wildman–Crippen MR) is 103 cm³/mol. The maximum absolute atomic E-state index is 10.9. The van der Waals surface area contributed by atoms with Gasteiger partial charge < -0.3 is 15.7 Å². The van der Waals surface area contributed by atoms with Crippen molar-refractivity contribution in [1.82, 2.24) is 9.97 Å². The molecule has 0 spiro atoms. The summed E-state index contributed by atoms with van der Waals surface area (Å²) in [5.41, 5.74) is 5.12. The molecule has 0 unspecified atom stereocenters. The van der Waals surface area contributed by atoms with Crippen LogP contribution < -0.4 is 10.6 Å². The van der Waals surface area contributed by atoms with Crippen molar-refractivity contribution in [2.24, 2.45) is 0 Å². The van der Waals surface area contributed by atoms with Gasteiger partial charge in [-0.2, -0.15) is 4.98 Å². The van der Waals surface area contributed by atoms with Crippen LogP contribution in [-0.2, 0) is 0 Å². The van der Waals surface area contributed by atoms with Gasteiger partial charge in [0, 0.05) is 23.1 Å². The molecule has 0 fully saturated rings. The van der Waals surface area contributed by atoms with Crippen LogP contribution in [0.5, 0.6) is 0 Å². The molecule has 1 aromatic heterocycles. The first-order chi connectivity index (χ1) is 12.4. The van der Waals surface area contributed by atoms with Gasteiger partial charge in [-0.25, -0.2) is 9.78 Å². The van der Waals surface area contributed by atoms with Gasteiger partial charge in [-0.15, -0.1) is 0 Å². The van der Waals surface area contributed by atoms with Crippen molar-refractivity contribution in [1.29, 1.82) is 0 Å². The van der Waals surface area contributed by atoms with E-state index in [9.17, 15) is 4.79 Å². The molecule has 0 aliphatic carbocycles. The molecule has 1 heterocycles. The van der Waals surface area contributed by atoms with Gasteiger partial charge in [-0.1, -0.05) is 12.1 Å². The first-order valence-electron chi connectivity index (χ1n) is 8.21. The molecule has 6 nitrogen and oxygen atoms in total. The number of aryl methyl sites for hydroxylation is 2. The van der Waals surface area contributed by atoms with Crippen molar-refractivity contribution in [2.45, 2.75) is 20.8 Å². The summed E-state index contributed by atoms with van der Waals surface area (Å²) in [6.45, 7) is 6.01. The Balaban J connectivity index is 1.83. The Morgan fingerprint density at radius 3 is 2.38 bits per heavy atom. The number of carbonyl (C=O) groups is 1. The molecule has 3 aromatic rings. The molecule has 0 saturated carbocycles. The molecule has 0 bridgehead atoms. The number of nitrogens with zero attached hydrogens (tertiary/aromatic N) is 2. The summed E-state index contributed by atoms with van der Waals surface area (Å²) >= 11 is 0. The minimum Gasteiger partial charge on any atom is -0.478 e. The Bertz CT molecular complexity index is 953. The van der Waals surface area contributed by atoms with Gasteiger partial charge in [0.15, 0.2) is 0 Å². The van der Waals surface area contributed by atoms with E-state index in [4.69, 9.17) is 5.11 Å². The van der Waals surface area contributed by atoms with Gasteiger partial charge in [0.25, 0.3) is 0 Å². The second kappa shape index (κ2) is 7.23. The number of anilines is 4. The molecule has 3 N–H and O–H groups in total. The van der Waals surface area contributed by atoms with Crippen LogP contribution in [0.15, 0.2) is 48.5 Å². The minimum atomic E-state index is -0.950. The molecule has 6 heteroatoms. The van der Waals surface area contributed by atoms with E-state index in [2.05, 4.69) is 40.5 Å². The topological polar surface area (TPSA) is 87.1 Å². The van der Waals surface area contributed by atoms with Crippen LogP contribution in [0.1, 0.15) is 27.2 Å². The first-order valence-corrected chi connectivity index (χ1v) is 8.21. The second-order valence-electron chi connectivity index (χ2n) is 6.10. The summed E-state index contributed by atoms with van der Waals surface area (Å²) in [6.07, 6.45) is 0. The molecule has 3 rings (SSSR count). The molecule has 0 amide bonds. The van der Waals surface area contributed by atoms with E-state index in [0.717, 1.165) is 22.6 Å². The fourth-order valence-electron chi connectivity index (χ4n) is 2.54. The molecular formula is C20H20N4O2. The number of hydrogen-bond acceptors (Lipinski definition) is 5. The van der Waals surface area contributed by atoms with Crippen molar-refractivity contribution >= 4 is 29.1 Å². The highest BCUT2D eigenvalue weighted by Gasteiger charge is 2.07. The Hall–Kier alpha value is -3.41. The average Bonchev–Trinajstić information content (AvgIpc) is 2.59. The zero-order chi connectivity index (χ0) is 18.7. The number of aromatic nitrogens is 2.